The third-order valence-electron chi connectivity index (χ3n) is 5.22. The van der Waals surface area contributed by atoms with Crippen molar-refractivity contribution >= 4 is 17.8 Å². The van der Waals surface area contributed by atoms with Gasteiger partial charge in [0.05, 0.1) is 11.8 Å². The third-order valence-corrected chi connectivity index (χ3v) is 5.22. The van der Waals surface area contributed by atoms with Crippen molar-refractivity contribution in [2.24, 2.45) is 23.7 Å². The van der Waals surface area contributed by atoms with Gasteiger partial charge >= 0.3 is 6.03 Å². The summed E-state index contributed by atoms with van der Waals surface area (Å²) < 4.78 is 0. The standard InChI is InChI=1S/C16H23N3O3/c1-3-18(4-2)16(22)17-7-8-19-14(20)12-10-5-6-11(9-10)13(12)15(19)21/h5-6,10-13H,3-4,7-9H2,1-2H3,(H,17,22). The molecule has 6 heteroatoms. The number of allylic oxidation sites excluding steroid dienone is 2. The van der Waals surface area contributed by atoms with Crippen LogP contribution in [0, 0.1) is 23.7 Å². The lowest BCUT2D eigenvalue weighted by Crippen LogP contribution is -2.44. The molecule has 120 valence electrons. The average Bonchev–Trinajstić information content (AvgIpc) is 3.17. The predicted molar refractivity (Wildman–Crippen MR) is 80.8 cm³/mol. The molecule has 0 spiro atoms. The van der Waals surface area contributed by atoms with E-state index < -0.39 is 0 Å². The molecule has 3 aliphatic rings. The van der Waals surface area contributed by atoms with E-state index in [0.29, 0.717) is 19.6 Å². The maximum absolute atomic E-state index is 12.5. The van der Waals surface area contributed by atoms with Crippen LogP contribution in [0.2, 0.25) is 0 Å². The van der Waals surface area contributed by atoms with E-state index in [2.05, 4.69) is 17.5 Å². The molecule has 2 fully saturated rings. The summed E-state index contributed by atoms with van der Waals surface area (Å²) in [6, 6.07) is -0.147. The molecule has 1 saturated heterocycles. The summed E-state index contributed by atoms with van der Waals surface area (Å²) in [6.45, 7) is 5.71. The van der Waals surface area contributed by atoms with Crippen LogP contribution < -0.4 is 5.32 Å². The molecule has 1 N–H and O–H groups in total. The Bertz CT molecular complexity index is 497. The second-order valence-corrected chi connectivity index (χ2v) is 6.23. The van der Waals surface area contributed by atoms with Gasteiger partial charge < -0.3 is 10.2 Å². The SMILES string of the molecule is CCN(CC)C(=O)NCCN1C(=O)C2C3C=CC(C3)C2C1=O. The van der Waals surface area contributed by atoms with Gasteiger partial charge in [-0.25, -0.2) is 4.79 Å². The molecule has 22 heavy (non-hydrogen) atoms. The second kappa shape index (κ2) is 5.74. The van der Waals surface area contributed by atoms with Crippen molar-refractivity contribution < 1.29 is 14.4 Å². The van der Waals surface area contributed by atoms with Crippen LogP contribution in [-0.4, -0.2) is 53.8 Å². The van der Waals surface area contributed by atoms with Gasteiger partial charge in [-0.1, -0.05) is 12.2 Å². The van der Waals surface area contributed by atoms with Gasteiger partial charge in [-0.3, -0.25) is 14.5 Å². The smallest absolute Gasteiger partial charge is 0.317 e. The Morgan fingerprint density at radius 1 is 1.18 bits per heavy atom. The topological polar surface area (TPSA) is 69.7 Å². The summed E-state index contributed by atoms with van der Waals surface area (Å²) in [5.41, 5.74) is 0. The summed E-state index contributed by atoms with van der Waals surface area (Å²) in [5, 5.41) is 2.78. The van der Waals surface area contributed by atoms with E-state index in [1.807, 2.05) is 13.8 Å². The van der Waals surface area contributed by atoms with Crippen LogP contribution >= 0.6 is 0 Å². The first-order valence-corrected chi connectivity index (χ1v) is 8.14. The second-order valence-electron chi connectivity index (χ2n) is 6.23. The average molecular weight is 305 g/mol. The van der Waals surface area contributed by atoms with Gasteiger partial charge in [0, 0.05) is 26.2 Å². The molecule has 1 heterocycles. The lowest BCUT2D eigenvalue weighted by molar-refractivity contribution is -0.140. The molecule has 1 aliphatic heterocycles. The number of amides is 4. The number of urea groups is 1. The monoisotopic (exact) mass is 305 g/mol. The molecule has 4 atom stereocenters. The van der Waals surface area contributed by atoms with Gasteiger partial charge in [-0.05, 0) is 32.1 Å². The number of nitrogens with one attached hydrogen (secondary N) is 1. The fourth-order valence-corrected chi connectivity index (χ4v) is 4.08. The number of hydrogen-bond donors (Lipinski definition) is 1. The molecule has 1 saturated carbocycles. The minimum Gasteiger partial charge on any atom is -0.336 e. The van der Waals surface area contributed by atoms with Gasteiger partial charge in [0.2, 0.25) is 11.8 Å². The number of fused-ring (bicyclic) bond motifs is 5. The van der Waals surface area contributed by atoms with Crippen molar-refractivity contribution in [3.63, 3.8) is 0 Å². The molecule has 6 nitrogen and oxygen atoms in total. The Labute approximate surface area is 130 Å². The van der Waals surface area contributed by atoms with Crippen molar-refractivity contribution in [1.29, 1.82) is 0 Å². The molecule has 3 rings (SSSR count). The highest BCUT2D eigenvalue weighted by Crippen LogP contribution is 2.52. The Hall–Kier alpha value is -1.85. The Kier molecular flexibility index (Phi) is 3.93. The van der Waals surface area contributed by atoms with Gasteiger partial charge in [0.1, 0.15) is 0 Å². The molecule has 0 aromatic rings. The fraction of sp³-hybridized carbons (Fsp3) is 0.688. The Morgan fingerprint density at radius 2 is 1.73 bits per heavy atom. The molecule has 0 aromatic heterocycles. The van der Waals surface area contributed by atoms with Gasteiger partial charge in [-0.15, -0.1) is 0 Å². The van der Waals surface area contributed by atoms with Crippen molar-refractivity contribution in [2.45, 2.75) is 20.3 Å². The zero-order valence-corrected chi connectivity index (χ0v) is 13.1. The zero-order chi connectivity index (χ0) is 15.9. The van der Waals surface area contributed by atoms with Gasteiger partial charge in [-0.2, -0.15) is 0 Å². The van der Waals surface area contributed by atoms with Crippen LogP contribution in [0.5, 0.6) is 0 Å². The van der Waals surface area contributed by atoms with Crippen LogP contribution in [0.25, 0.3) is 0 Å². The fourth-order valence-electron chi connectivity index (χ4n) is 4.08. The first-order valence-electron chi connectivity index (χ1n) is 8.14. The molecule has 0 radical (unpaired) electrons. The summed E-state index contributed by atoms with van der Waals surface area (Å²) in [6.07, 6.45) is 5.12. The number of rotatable bonds is 5. The lowest BCUT2D eigenvalue weighted by Gasteiger charge is -2.21. The highest BCUT2D eigenvalue weighted by atomic mass is 16.2. The molecular formula is C16H23N3O3. The van der Waals surface area contributed by atoms with E-state index in [4.69, 9.17) is 0 Å². The number of carbonyl (C=O) groups excluding carboxylic acids is 3. The number of imide groups is 1. The van der Waals surface area contributed by atoms with Crippen LogP contribution in [-0.2, 0) is 9.59 Å². The molecule has 2 bridgehead atoms. The predicted octanol–water partition coefficient (Wildman–Crippen LogP) is 0.845. The van der Waals surface area contributed by atoms with Crippen molar-refractivity contribution in [3.05, 3.63) is 12.2 Å². The van der Waals surface area contributed by atoms with Crippen LogP contribution in [0.3, 0.4) is 0 Å². The quantitative estimate of drug-likeness (QED) is 0.604. The maximum Gasteiger partial charge on any atom is 0.317 e. The first kappa shape index (κ1) is 15.1. The number of carbonyl (C=O) groups is 3. The molecule has 4 amide bonds. The van der Waals surface area contributed by atoms with Crippen molar-refractivity contribution in [3.8, 4) is 0 Å². The van der Waals surface area contributed by atoms with Gasteiger partial charge in [0.15, 0.2) is 0 Å². The van der Waals surface area contributed by atoms with E-state index in [1.54, 1.807) is 4.90 Å². The highest BCUT2D eigenvalue weighted by Gasteiger charge is 2.58. The number of likely N-dealkylation sites (tertiary alicyclic amines) is 1. The Balaban J connectivity index is 1.55. The highest BCUT2D eigenvalue weighted by molar-refractivity contribution is 6.06. The minimum atomic E-state index is -0.152. The van der Waals surface area contributed by atoms with E-state index in [0.717, 1.165) is 6.42 Å². The van der Waals surface area contributed by atoms with Crippen molar-refractivity contribution in [2.75, 3.05) is 26.2 Å². The van der Waals surface area contributed by atoms with E-state index in [-0.39, 0.29) is 48.1 Å². The summed E-state index contributed by atoms with van der Waals surface area (Å²) in [4.78, 5) is 39.8. The van der Waals surface area contributed by atoms with E-state index >= 15 is 0 Å². The van der Waals surface area contributed by atoms with E-state index in [9.17, 15) is 14.4 Å². The summed E-state index contributed by atoms with van der Waals surface area (Å²) >= 11 is 0. The largest absolute Gasteiger partial charge is 0.336 e. The number of hydrogen-bond acceptors (Lipinski definition) is 3. The number of nitrogens with zero attached hydrogens (tertiary/aromatic N) is 2. The normalized spacial score (nSPS) is 31.8. The molecule has 4 unspecified atom stereocenters. The molecule has 2 aliphatic carbocycles. The van der Waals surface area contributed by atoms with Crippen LogP contribution in [0.4, 0.5) is 4.79 Å². The molecule has 0 aromatic carbocycles. The lowest BCUT2D eigenvalue weighted by atomic mass is 9.85. The third kappa shape index (κ3) is 2.21. The summed E-state index contributed by atoms with van der Waals surface area (Å²) in [5.74, 6) is 0.0678. The zero-order valence-electron chi connectivity index (χ0n) is 13.1. The van der Waals surface area contributed by atoms with Crippen LogP contribution in [0.1, 0.15) is 20.3 Å². The van der Waals surface area contributed by atoms with Gasteiger partial charge in [0.25, 0.3) is 0 Å². The minimum absolute atomic E-state index is 0.0519. The van der Waals surface area contributed by atoms with Crippen molar-refractivity contribution in [1.82, 2.24) is 15.1 Å². The maximum atomic E-state index is 12.5. The molecular weight excluding hydrogens is 282 g/mol. The Morgan fingerprint density at radius 3 is 2.23 bits per heavy atom. The summed E-state index contributed by atoms with van der Waals surface area (Å²) in [7, 11) is 0. The van der Waals surface area contributed by atoms with E-state index in [1.165, 1.54) is 4.90 Å². The van der Waals surface area contributed by atoms with Crippen LogP contribution in [0.15, 0.2) is 12.2 Å². The first-order chi connectivity index (χ1) is 10.6.